The number of carbonyl (C=O) groups excluding carboxylic acids is 2. The number of carbonyl (C=O) groups is 2. The predicted octanol–water partition coefficient (Wildman–Crippen LogP) is 6.50. The zero-order valence-corrected chi connectivity index (χ0v) is 27.9. The minimum Gasteiger partial charge on any atom is -0.352 e. The number of sulfonamides is 1. The van der Waals surface area contributed by atoms with Crippen molar-refractivity contribution in [3.8, 4) is 0 Å². The number of hydrogen-bond donors (Lipinski definition) is 1. The van der Waals surface area contributed by atoms with Crippen LogP contribution in [0.15, 0.2) is 102 Å². The smallest absolute Gasteiger partial charge is 0.264 e. The lowest BCUT2D eigenvalue weighted by Gasteiger charge is -2.34. The Labute approximate surface area is 272 Å². The summed E-state index contributed by atoms with van der Waals surface area (Å²) in [4.78, 5) is 29.8. The number of rotatable bonds is 13. The molecule has 46 heavy (non-hydrogen) atoms. The van der Waals surface area contributed by atoms with Crippen LogP contribution < -0.4 is 9.62 Å². The second-order valence-corrected chi connectivity index (χ2v) is 13.6. The first-order chi connectivity index (χ1) is 21.9. The van der Waals surface area contributed by atoms with Crippen LogP contribution in [0, 0.1) is 26.6 Å². The maximum absolute atomic E-state index is 15.1. The molecular weight excluding hydrogens is 601 g/mol. The van der Waals surface area contributed by atoms with Gasteiger partial charge >= 0.3 is 0 Å². The Hall–Kier alpha value is -4.50. The van der Waals surface area contributed by atoms with Crippen molar-refractivity contribution in [1.82, 2.24) is 10.2 Å². The summed E-state index contributed by atoms with van der Waals surface area (Å²) in [7, 11) is -4.23. The molecule has 0 saturated heterocycles. The summed E-state index contributed by atoms with van der Waals surface area (Å²) >= 11 is 0. The number of anilines is 1. The second kappa shape index (κ2) is 15.2. The van der Waals surface area contributed by atoms with Crippen molar-refractivity contribution in [2.24, 2.45) is 0 Å². The molecule has 0 spiro atoms. The monoisotopic (exact) mass is 643 g/mol. The van der Waals surface area contributed by atoms with Crippen LogP contribution in [0.1, 0.15) is 48.1 Å². The number of aryl methyl sites for hydroxylation is 3. The van der Waals surface area contributed by atoms with Crippen molar-refractivity contribution in [2.75, 3.05) is 10.8 Å². The molecule has 0 aliphatic heterocycles. The Morgan fingerprint density at radius 3 is 2.11 bits per heavy atom. The van der Waals surface area contributed by atoms with Crippen molar-refractivity contribution < 1.29 is 22.4 Å². The van der Waals surface area contributed by atoms with E-state index in [4.69, 9.17) is 0 Å². The van der Waals surface area contributed by atoms with Gasteiger partial charge in [-0.25, -0.2) is 12.8 Å². The molecule has 0 heterocycles. The van der Waals surface area contributed by atoms with Gasteiger partial charge in [0, 0.05) is 24.6 Å². The molecule has 0 saturated carbocycles. The summed E-state index contributed by atoms with van der Waals surface area (Å²) in [5.74, 6) is -1.57. The topological polar surface area (TPSA) is 86.8 Å². The van der Waals surface area contributed by atoms with E-state index in [2.05, 4.69) is 5.32 Å². The highest BCUT2D eigenvalue weighted by atomic mass is 32.2. The fourth-order valence-corrected chi connectivity index (χ4v) is 6.72. The lowest BCUT2D eigenvalue weighted by Crippen LogP contribution is -2.54. The van der Waals surface area contributed by atoms with Crippen molar-refractivity contribution in [1.29, 1.82) is 0 Å². The van der Waals surface area contributed by atoms with Gasteiger partial charge in [-0.05, 0) is 69.5 Å². The van der Waals surface area contributed by atoms with E-state index in [9.17, 15) is 18.0 Å². The number of hydrogen-bond acceptors (Lipinski definition) is 4. The number of halogens is 1. The van der Waals surface area contributed by atoms with Gasteiger partial charge in [0.2, 0.25) is 11.8 Å². The zero-order chi connectivity index (χ0) is 33.4. The third-order valence-electron chi connectivity index (χ3n) is 8.08. The van der Waals surface area contributed by atoms with Gasteiger partial charge in [-0.15, -0.1) is 0 Å². The van der Waals surface area contributed by atoms with Gasteiger partial charge in [-0.1, -0.05) is 90.8 Å². The van der Waals surface area contributed by atoms with Crippen molar-refractivity contribution in [3.05, 3.63) is 131 Å². The summed E-state index contributed by atoms with van der Waals surface area (Å²) < 4.78 is 44.7. The van der Waals surface area contributed by atoms with E-state index in [1.165, 1.54) is 23.1 Å². The summed E-state index contributed by atoms with van der Waals surface area (Å²) in [6.07, 6.45) is 0.817. The molecule has 9 heteroatoms. The third-order valence-corrected chi connectivity index (χ3v) is 9.85. The summed E-state index contributed by atoms with van der Waals surface area (Å²) in [5, 5.41) is 2.99. The first-order valence-corrected chi connectivity index (χ1v) is 16.9. The molecule has 7 nitrogen and oxygen atoms in total. The third kappa shape index (κ3) is 8.40. The first kappa shape index (κ1) is 34.4. The molecule has 242 valence electrons. The number of nitrogens with zero attached hydrogens (tertiary/aromatic N) is 2. The van der Waals surface area contributed by atoms with Crippen LogP contribution in [0.2, 0.25) is 0 Å². The largest absolute Gasteiger partial charge is 0.352 e. The fraction of sp³-hybridized carbons (Fsp3) is 0.297. The SMILES string of the molecule is CC[C@H](C)NC(=O)[C@H](Cc1ccccc1)N(Cc1ccccc1F)C(=O)CN(c1ccc(C)cc1C)S(=O)(=O)c1ccc(C)cc1. The molecule has 0 radical (unpaired) electrons. The maximum Gasteiger partial charge on any atom is 0.264 e. The van der Waals surface area contributed by atoms with Crippen LogP contribution in [0.3, 0.4) is 0 Å². The Morgan fingerprint density at radius 2 is 1.48 bits per heavy atom. The molecule has 0 unspecified atom stereocenters. The maximum atomic E-state index is 15.1. The van der Waals surface area contributed by atoms with E-state index in [0.29, 0.717) is 17.7 Å². The van der Waals surface area contributed by atoms with Crippen LogP contribution in [0.25, 0.3) is 0 Å². The Bertz CT molecular complexity index is 1760. The van der Waals surface area contributed by atoms with Crippen LogP contribution in [0.4, 0.5) is 10.1 Å². The highest BCUT2D eigenvalue weighted by Gasteiger charge is 2.35. The molecule has 4 aromatic carbocycles. The van der Waals surface area contributed by atoms with Gasteiger partial charge in [0.1, 0.15) is 18.4 Å². The zero-order valence-electron chi connectivity index (χ0n) is 27.0. The molecular formula is C37H42FN3O4S. The van der Waals surface area contributed by atoms with Gasteiger partial charge in [0.05, 0.1) is 10.6 Å². The summed E-state index contributed by atoms with van der Waals surface area (Å²) in [6.45, 7) is 8.53. The van der Waals surface area contributed by atoms with Crippen molar-refractivity contribution in [2.45, 2.75) is 71.0 Å². The molecule has 0 aliphatic carbocycles. The molecule has 4 rings (SSSR count). The van der Waals surface area contributed by atoms with Crippen LogP contribution in [-0.4, -0.2) is 43.8 Å². The molecule has 0 aromatic heterocycles. The Morgan fingerprint density at radius 1 is 0.848 bits per heavy atom. The van der Waals surface area contributed by atoms with E-state index < -0.39 is 40.2 Å². The fourth-order valence-electron chi connectivity index (χ4n) is 5.24. The van der Waals surface area contributed by atoms with E-state index in [0.717, 1.165) is 21.0 Å². The number of benzene rings is 4. The minimum atomic E-state index is -4.23. The van der Waals surface area contributed by atoms with Crippen LogP contribution in [-0.2, 0) is 32.6 Å². The molecule has 0 bridgehead atoms. The van der Waals surface area contributed by atoms with E-state index >= 15 is 4.39 Å². The Balaban J connectivity index is 1.84. The summed E-state index contributed by atoms with van der Waals surface area (Å²) in [5.41, 5.74) is 3.85. The normalized spacial score (nSPS) is 12.7. The lowest BCUT2D eigenvalue weighted by molar-refractivity contribution is -0.140. The van der Waals surface area contributed by atoms with Crippen molar-refractivity contribution >= 4 is 27.5 Å². The first-order valence-electron chi connectivity index (χ1n) is 15.4. The molecule has 2 amide bonds. The van der Waals surface area contributed by atoms with Crippen LogP contribution >= 0.6 is 0 Å². The van der Waals surface area contributed by atoms with Crippen LogP contribution in [0.5, 0.6) is 0 Å². The average Bonchev–Trinajstić information content (AvgIpc) is 3.03. The van der Waals surface area contributed by atoms with Gasteiger partial charge in [0.15, 0.2) is 0 Å². The second-order valence-electron chi connectivity index (χ2n) is 11.8. The van der Waals surface area contributed by atoms with Crippen molar-refractivity contribution in [3.63, 3.8) is 0 Å². The molecule has 2 atom stereocenters. The van der Waals surface area contributed by atoms with E-state index in [1.807, 2.05) is 64.1 Å². The number of nitrogens with one attached hydrogen (secondary N) is 1. The standard InChI is InChI=1S/C37H42FN3O4S/c1-6-29(5)39-37(43)35(23-30-12-8-7-9-13-30)40(24-31-14-10-11-15-33(31)38)36(42)25-41(34-21-18-27(3)22-28(34)4)46(44,45)32-19-16-26(2)17-20-32/h7-22,29,35H,6,23-25H2,1-5H3,(H,39,43)/t29-,35-/m0/s1. The highest BCUT2D eigenvalue weighted by molar-refractivity contribution is 7.92. The van der Waals surface area contributed by atoms with Gasteiger partial charge in [0.25, 0.3) is 10.0 Å². The Kier molecular flexibility index (Phi) is 11.4. The van der Waals surface area contributed by atoms with Gasteiger partial charge in [-0.2, -0.15) is 0 Å². The molecule has 4 aromatic rings. The molecule has 1 N–H and O–H groups in total. The quantitative estimate of drug-likeness (QED) is 0.180. The predicted molar refractivity (Wildman–Crippen MR) is 180 cm³/mol. The highest BCUT2D eigenvalue weighted by Crippen LogP contribution is 2.29. The van der Waals surface area contributed by atoms with E-state index in [1.54, 1.807) is 49.4 Å². The minimum absolute atomic E-state index is 0.0295. The van der Waals surface area contributed by atoms with Gasteiger partial charge in [-0.3, -0.25) is 13.9 Å². The molecule has 0 fully saturated rings. The molecule has 0 aliphatic rings. The lowest BCUT2D eigenvalue weighted by atomic mass is 10.0. The summed E-state index contributed by atoms with van der Waals surface area (Å²) in [6, 6.07) is 25.9. The van der Waals surface area contributed by atoms with Gasteiger partial charge < -0.3 is 10.2 Å². The van der Waals surface area contributed by atoms with E-state index in [-0.39, 0.29) is 29.5 Å². The number of amides is 2. The average molecular weight is 644 g/mol.